The zero-order chi connectivity index (χ0) is 15.2. The lowest BCUT2D eigenvalue weighted by atomic mass is 10.0. The maximum atomic E-state index is 11.4. The first-order chi connectivity index (χ1) is 10.2. The predicted molar refractivity (Wildman–Crippen MR) is 81.9 cm³/mol. The third kappa shape index (κ3) is 3.42. The number of methoxy groups -OCH3 is 2. The molecule has 0 unspecified atom stereocenters. The van der Waals surface area contributed by atoms with Crippen LogP contribution in [0.1, 0.15) is 21.5 Å². The van der Waals surface area contributed by atoms with E-state index in [4.69, 9.17) is 9.47 Å². The van der Waals surface area contributed by atoms with Gasteiger partial charge in [-0.05, 0) is 29.3 Å². The fourth-order valence-corrected chi connectivity index (χ4v) is 1.99. The van der Waals surface area contributed by atoms with Crippen molar-refractivity contribution in [3.05, 3.63) is 59.2 Å². The molecular weight excluding hydrogens is 268 g/mol. The molecule has 0 fully saturated rings. The minimum Gasteiger partial charge on any atom is -0.497 e. The van der Waals surface area contributed by atoms with E-state index in [0.717, 1.165) is 11.3 Å². The van der Waals surface area contributed by atoms with Crippen LogP contribution in [0.2, 0.25) is 0 Å². The molecule has 2 aromatic rings. The van der Waals surface area contributed by atoms with Gasteiger partial charge in [0.1, 0.15) is 17.1 Å². The van der Waals surface area contributed by atoms with E-state index >= 15 is 0 Å². The summed E-state index contributed by atoms with van der Waals surface area (Å²) < 4.78 is 10.2. The van der Waals surface area contributed by atoms with Gasteiger partial charge >= 0.3 is 5.97 Å². The zero-order valence-corrected chi connectivity index (χ0v) is 11.9. The summed E-state index contributed by atoms with van der Waals surface area (Å²) in [5, 5.41) is 9.31. The second-order valence-electron chi connectivity index (χ2n) is 4.34. The van der Waals surface area contributed by atoms with Crippen molar-refractivity contribution in [3.63, 3.8) is 0 Å². The number of carboxylic acid groups (broad SMARTS) is 1. The summed E-state index contributed by atoms with van der Waals surface area (Å²) in [7, 11) is 3.07. The first-order valence-electron chi connectivity index (χ1n) is 6.38. The third-order valence-corrected chi connectivity index (χ3v) is 3.06. The summed E-state index contributed by atoms with van der Waals surface area (Å²) in [5.74, 6) is 0.112. The highest BCUT2D eigenvalue weighted by Crippen LogP contribution is 2.24. The van der Waals surface area contributed by atoms with Crippen molar-refractivity contribution in [1.29, 1.82) is 0 Å². The van der Waals surface area contributed by atoms with Crippen LogP contribution < -0.4 is 9.47 Å². The van der Waals surface area contributed by atoms with Gasteiger partial charge in [0.2, 0.25) is 0 Å². The van der Waals surface area contributed by atoms with E-state index in [2.05, 4.69) is 0 Å². The summed E-state index contributed by atoms with van der Waals surface area (Å²) >= 11 is 0. The normalized spacial score (nSPS) is 10.6. The average Bonchev–Trinajstić information content (AvgIpc) is 2.52. The lowest BCUT2D eigenvalue weighted by molar-refractivity contribution is 0.0693. The average molecular weight is 284 g/mol. The van der Waals surface area contributed by atoms with Crippen LogP contribution in [0, 0.1) is 0 Å². The molecule has 0 radical (unpaired) electrons. The largest absolute Gasteiger partial charge is 0.497 e. The first kappa shape index (κ1) is 14.7. The smallest absolute Gasteiger partial charge is 0.340 e. The van der Waals surface area contributed by atoms with Gasteiger partial charge in [-0.3, -0.25) is 0 Å². The Morgan fingerprint density at radius 1 is 1.00 bits per heavy atom. The standard InChI is InChI=1S/C17H16O4/c1-20-14-10-7-12(8-11-14)6-9-13-4-3-5-15(21-2)16(13)17(18)19/h3-11H,1-2H3,(H,18,19)/b9-6+. The fourth-order valence-electron chi connectivity index (χ4n) is 1.99. The third-order valence-electron chi connectivity index (χ3n) is 3.06. The molecule has 0 aliphatic heterocycles. The van der Waals surface area contributed by atoms with E-state index < -0.39 is 5.97 Å². The van der Waals surface area contributed by atoms with Crippen molar-refractivity contribution < 1.29 is 19.4 Å². The maximum Gasteiger partial charge on any atom is 0.340 e. The van der Waals surface area contributed by atoms with Crippen molar-refractivity contribution in [1.82, 2.24) is 0 Å². The van der Waals surface area contributed by atoms with Gasteiger partial charge in [0.25, 0.3) is 0 Å². The molecule has 2 aromatic carbocycles. The van der Waals surface area contributed by atoms with Gasteiger partial charge < -0.3 is 14.6 Å². The maximum absolute atomic E-state index is 11.4. The minimum atomic E-state index is -1.01. The zero-order valence-electron chi connectivity index (χ0n) is 11.9. The van der Waals surface area contributed by atoms with Crippen LogP contribution in [0.3, 0.4) is 0 Å². The number of hydrogen-bond acceptors (Lipinski definition) is 3. The van der Waals surface area contributed by atoms with Crippen LogP contribution in [0.5, 0.6) is 11.5 Å². The van der Waals surface area contributed by atoms with Gasteiger partial charge in [-0.1, -0.05) is 36.4 Å². The molecular formula is C17H16O4. The van der Waals surface area contributed by atoms with Crippen molar-refractivity contribution in [3.8, 4) is 11.5 Å². The lowest BCUT2D eigenvalue weighted by Crippen LogP contribution is -2.02. The number of carboxylic acids is 1. The van der Waals surface area contributed by atoms with Crippen molar-refractivity contribution in [2.24, 2.45) is 0 Å². The van der Waals surface area contributed by atoms with Gasteiger partial charge in [0, 0.05) is 0 Å². The summed E-state index contributed by atoms with van der Waals surface area (Å²) in [5.41, 5.74) is 1.71. The molecule has 0 aliphatic carbocycles. The van der Waals surface area contributed by atoms with Crippen LogP contribution in [-0.2, 0) is 0 Å². The Labute approximate surface area is 123 Å². The quantitative estimate of drug-likeness (QED) is 0.853. The van der Waals surface area contributed by atoms with Crippen LogP contribution in [0.25, 0.3) is 12.2 Å². The molecule has 0 saturated carbocycles. The summed E-state index contributed by atoms with van der Waals surface area (Å²) in [6.45, 7) is 0. The highest BCUT2D eigenvalue weighted by Gasteiger charge is 2.14. The molecule has 21 heavy (non-hydrogen) atoms. The van der Waals surface area contributed by atoms with Gasteiger partial charge in [0.15, 0.2) is 0 Å². The topological polar surface area (TPSA) is 55.8 Å². The number of rotatable bonds is 5. The molecule has 0 heterocycles. The molecule has 108 valence electrons. The molecule has 0 aliphatic rings. The number of aromatic carboxylic acids is 1. The van der Waals surface area contributed by atoms with Crippen LogP contribution in [-0.4, -0.2) is 25.3 Å². The molecule has 0 atom stereocenters. The Balaban J connectivity index is 2.33. The summed E-state index contributed by atoms with van der Waals surface area (Å²) in [6.07, 6.45) is 3.61. The van der Waals surface area contributed by atoms with E-state index in [9.17, 15) is 9.90 Å². The van der Waals surface area contributed by atoms with Crippen LogP contribution in [0.15, 0.2) is 42.5 Å². The highest BCUT2D eigenvalue weighted by molar-refractivity contribution is 5.96. The second-order valence-corrected chi connectivity index (χ2v) is 4.34. The van der Waals surface area contributed by atoms with E-state index in [0.29, 0.717) is 11.3 Å². The number of hydrogen-bond donors (Lipinski definition) is 1. The van der Waals surface area contributed by atoms with Gasteiger partial charge in [-0.15, -0.1) is 0 Å². The van der Waals surface area contributed by atoms with Crippen molar-refractivity contribution >= 4 is 18.1 Å². The number of ether oxygens (including phenoxy) is 2. The van der Waals surface area contributed by atoms with E-state index in [1.165, 1.54) is 7.11 Å². The fraction of sp³-hybridized carbons (Fsp3) is 0.118. The van der Waals surface area contributed by atoms with Crippen molar-refractivity contribution in [2.45, 2.75) is 0 Å². The molecule has 1 N–H and O–H groups in total. The number of carbonyl (C=O) groups is 1. The van der Waals surface area contributed by atoms with Crippen LogP contribution in [0.4, 0.5) is 0 Å². The van der Waals surface area contributed by atoms with Crippen LogP contribution >= 0.6 is 0 Å². The molecule has 4 nitrogen and oxygen atoms in total. The number of benzene rings is 2. The lowest BCUT2D eigenvalue weighted by Gasteiger charge is -2.07. The molecule has 0 saturated heterocycles. The Bertz CT molecular complexity index is 657. The SMILES string of the molecule is COc1ccc(/C=C/c2cccc(OC)c2C(=O)O)cc1. The van der Waals surface area contributed by atoms with E-state index in [1.807, 2.05) is 30.3 Å². The van der Waals surface area contributed by atoms with Gasteiger partial charge in [0.05, 0.1) is 14.2 Å². The molecule has 0 bridgehead atoms. The first-order valence-corrected chi connectivity index (χ1v) is 6.38. The van der Waals surface area contributed by atoms with Gasteiger partial charge in [-0.2, -0.15) is 0 Å². The molecule has 0 amide bonds. The minimum absolute atomic E-state index is 0.157. The Morgan fingerprint density at radius 3 is 2.29 bits per heavy atom. The summed E-state index contributed by atoms with van der Waals surface area (Å²) in [6, 6.07) is 12.6. The second kappa shape index (κ2) is 6.61. The Hall–Kier alpha value is -2.75. The molecule has 0 aromatic heterocycles. The summed E-state index contributed by atoms with van der Waals surface area (Å²) in [4.78, 5) is 11.4. The highest BCUT2D eigenvalue weighted by atomic mass is 16.5. The Kier molecular flexibility index (Phi) is 4.61. The van der Waals surface area contributed by atoms with E-state index in [-0.39, 0.29) is 5.56 Å². The predicted octanol–water partition coefficient (Wildman–Crippen LogP) is 3.57. The molecule has 2 rings (SSSR count). The van der Waals surface area contributed by atoms with E-state index in [1.54, 1.807) is 31.4 Å². The molecule has 0 spiro atoms. The molecule has 4 heteroatoms. The van der Waals surface area contributed by atoms with Crippen molar-refractivity contribution in [2.75, 3.05) is 14.2 Å². The van der Waals surface area contributed by atoms with Gasteiger partial charge in [-0.25, -0.2) is 4.79 Å². The monoisotopic (exact) mass is 284 g/mol. The Morgan fingerprint density at radius 2 is 1.71 bits per heavy atom.